The highest BCUT2D eigenvalue weighted by atomic mass is 127. The molecule has 1 fully saturated rings. The molecule has 1 aliphatic heterocycles. The molecule has 0 bridgehead atoms. The largest absolute Gasteiger partial charge is 0.295 e. The zero-order valence-corrected chi connectivity index (χ0v) is 5.97. The monoisotopic (exact) mass is 197 g/mol. The fraction of sp³-hybridized carbons (Fsp3) is 1.00. The first-order chi connectivity index (χ1) is 2.80. The molecule has 0 aromatic rings. The number of hydrogen-bond acceptors (Lipinski definition) is 1. The van der Waals surface area contributed by atoms with E-state index in [1.165, 1.54) is 13.0 Å². The van der Waals surface area contributed by atoms with Crippen molar-refractivity contribution >= 4 is 22.6 Å². The summed E-state index contributed by atoms with van der Waals surface area (Å²) in [5, 5.41) is 0. The van der Waals surface area contributed by atoms with Gasteiger partial charge in [0.1, 0.15) is 0 Å². The van der Waals surface area contributed by atoms with Crippen molar-refractivity contribution in [1.29, 1.82) is 0 Å². The molecule has 0 N–H and O–H groups in total. The highest BCUT2D eigenvalue weighted by molar-refractivity contribution is 14.1. The summed E-state index contributed by atoms with van der Waals surface area (Å²) in [6.07, 6.45) is 1.39. The molecule has 6 heavy (non-hydrogen) atoms. The van der Waals surface area contributed by atoms with Crippen molar-refractivity contribution in [1.82, 2.24) is 4.90 Å². The van der Waals surface area contributed by atoms with E-state index < -0.39 is 0 Å². The Balaban J connectivity index is 2.20. The maximum Gasteiger partial charge on any atom is 0.0628 e. The molecular formula is C4H8IN. The van der Waals surface area contributed by atoms with Gasteiger partial charge in [0.05, 0.1) is 4.05 Å². The summed E-state index contributed by atoms with van der Waals surface area (Å²) in [5.74, 6) is 0. The van der Waals surface area contributed by atoms with Crippen LogP contribution < -0.4 is 0 Å². The Hall–Kier alpha value is 0.690. The van der Waals surface area contributed by atoms with Crippen molar-refractivity contribution < 1.29 is 0 Å². The second-order valence-corrected chi connectivity index (χ2v) is 3.14. The molecule has 0 spiro atoms. The zero-order valence-electron chi connectivity index (χ0n) is 3.82. The summed E-state index contributed by atoms with van der Waals surface area (Å²) in [7, 11) is 2.15. The van der Waals surface area contributed by atoms with Gasteiger partial charge in [0.2, 0.25) is 0 Å². The molecule has 1 unspecified atom stereocenters. The topological polar surface area (TPSA) is 3.24 Å². The molecule has 0 radical (unpaired) electrons. The standard InChI is InChI=1S/C4H8IN/c1-6-3-2-4(6)5/h4H,2-3H2,1H3. The average molecular weight is 197 g/mol. The summed E-state index contributed by atoms with van der Waals surface area (Å²) in [5.41, 5.74) is 0. The Labute approximate surface area is 51.8 Å². The fourth-order valence-electron chi connectivity index (χ4n) is 0.485. The van der Waals surface area contributed by atoms with Crippen LogP contribution in [0.2, 0.25) is 0 Å². The smallest absolute Gasteiger partial charge is 0.0628 e. The number of rotatable bonds is 0. The van der Waals surface area contributed by atoms with Crippen LogP contribution in [-0.2, 0) is 0 Å². The van der Waals surface area contributed by atoms with Crippen LogP contribution in [0.15, 0.2) is 0 Å². The minimum atomic E-state index is 0.836. The van der Waals surface area contributed by atoms with Gasteiger partial charge in [0, 0.05) is 6.54 Å². The van der Waals surface area contributed by atoms with Crippen LogP contribution in [0.25, 0.3) is 0 Å². The van der Waals surface area contributed by atoms with E-state index in [1.807, 2.05) is 0 Å². The van der Waals surface area contributed by atoms with Crippen molar-refractivity contribution in [3.8, 4) is 0 Å². The molecule has 0 aliphatic carbocycles. The fourth-order valence-corrected chi connectivity index (χ4v) is 1.04. The third-order valence-electron chi connectivity index (χ3n) is 1.20. The second kappa shape index (κ2) is 1.66. The predicted molar refractivity (Wildman–Crippen MR) is 35.1 cm³/mol. The molecule has 1 heterocycles. The van der Waals surface area contributed by atoms with Crippen LogP contribution in [0, 0.1) is 0 Å². The van der Waals surface area contributed by atoms with Gasteiger partial charge in [-0.3, -0.25) is 4.90 Å². The van der Waals surface area contributed by atoms with Crippen molar-refractivity contribution in [2.45, 2.75) is 10.5 Å². The Morgan fingerprint density at radius 1 is 1.83 bits per heavy atom. The summed E-state index contributed by atoms with van der Waals surface area (Å²) in [4.78, 5) is 2.33. The number of halogens is 1. The lowest BCUT2D eigenvalue weighted by molar-refractivity contribution is 0.213. The Kier molecular flexibility index (Phi) is 1.34. The molecule has 0 aromatic heterocycles. The lowest BCUT2D eigenvalue weighted by Crippen LogP contribution is -2.39. The first-order valence-electron chi connectivity index (χ1n) is 2.15. The maximum atomic E-state index is 2.45. The Morgan fingerprint density at radius 3 is 2.33 bits per heavy atom. The minimum absolute atomic E-state index is 0.836. The number of nitrogens with zero attached hydrogens (tertiary/aromatic N) is 1. The van der Waals surface area contributed by atoms with Crippen molar-refractivity contribution in [3.63, 3.8) is 0 Å². The summed E-state index contributed by atoms with van der Waals surface area (Å²) >= 11 is 2.45. The van der Waals surface area contributed by atoms with Gasteiger partial charge in [-0.05, 0) is 13.5 Å². The van der Waals surface area contributed by atoms with E-state index in [0.717, 1.165) is 4.05 Å². The van der Waals surface area contributed by atoms with E-state index in [0.29, 0.717) is 0 Å². The molecular weight excluding hydrogens is 189 g/mol. The quantitative estimate of drug-likeness (QED) is 0.319. The van der Waals surface area contributed by atoms with E-state index in [2.05, 4.69) is 34.5 Å². The van der Waals surface area contributed by atoms with Crippen LogP contribution in [0.4, 0.5) is 0 Å². The van der Waals surface area contributed by atoms with Gasteiger partial charge >= 0.3 is 0 Å². The molecule has 0 saturated carbocycles. The van der Waals surface area contributed by atoms with E-state index in [1.54, 1.807) is 0 Å². The van der Waals surface area contributed by atoms with Crippen LogP contribution in [0.3, 0.4) is 0 Å². The highest BCUT2D eigenvalue weighted by Crippen LogP contribution is 2.19. The van der Waals surface area contributed by atoms with Crippen LogP contribution >= 0.6 is 22.6 Å². The molecule has 2 heteroatoms. The minimum Gasteiger partial charge on any atom is -0.295 e. The van der Waals surface area contributed by atoms with Gasteiger partial charge < -0.3 is 0 Å². The molecule has 36 valence electrons. The van der Waals surface area contributed by atoms with Gasteiger partial charge in [-0.15, -0.1) is 0 Å². The summed E-state index contributed by atoms with van der Waals surface area (Å²) in [6.45, 7) is 1.30. The third kappa shape index (κ3) is 0.680. The number of likely N-dealkylation sites (tertiary alicyclic amines) is 1. The van der Waals surface area contributed by atoms with Gasteiger partial charge in [-0.1, -0.05) is 22.6 Å². The molecule has 0 aromatic carbocycles. The average Bonchev–Trinajstić information content (AvgIpc) is 1.61. The molecule has 1 rings (SSSR count). The van der Waals surface area contributed by atoms with Crippen molar-refractivity contribution in [2.75, 3.05) is 13.6 Å². The first kappa shape index (κ1) is 4.84. The lowest BCUT2D eigenvalue weighted by Gasteiger charge is -2.32. The van der Waals surface area contributed by atoms with Gasteiger partial charge in [0.25, 0.3) is 0 Å². The third-order valence-corrected chi connectivity index (χ3v) is 2.77. The molecule has 0 amide bonds. The Bertz CT molecular complexity index is 47.5. The Morgan fingerprint density at radius 2 is 2.33 bits per heavy atom. The lowest BCUT2D eigenvalue weighted by atomic mass is 10.2. The van der Waals surface area contributed by atoms with Gasteiger partial charge in [-0.25, -0.2) is 0 Å². The predicted octanol–water partition coefficient (Wildman–Crippen LogP) is 1.08. The molecule has 1 saturated heterocycles. The normalized spacial score (nSPS) is 36.0. The van der Waals surface area contributed by atoms with Crippen molar-refractivity contribution in [2.24, 2.45) is 0 Å². The van der Waals surface area contributed by atoms with Crippen molar-refractivity contribution in [3.05, 3.63) is 0 Å². The number of hydrogen-bond donors (Lipinski definition) is 0. The van der Waals surface area contributed by atoms with E-state index >= 15 is 0 Å². The van der Waals surface area contributed by atoms with Crippen LogP contribution in [-0.4, -0.2) is 22.5 Å². The first-order valence-corrected chi connectivity index (χ1v) is 3.39. The number of alkyl halides is 1. The second-order valence-electron chi connectivity index (χ2n) is 1.70. The zero-order chi connectivity index (χ0) is 4.57. The van der Waals surface area contributed by atoms with Gasteiger partial charge in [-0.2, -0.15) is 0 Å². The van der Waals surface area contributed by atoms with E-state index in [9.17, 15) is 0 Å². The molecule has 1 aliphatic rings. The van der Waals surface area contributed by atoms with Gasteiger partial charge in [0.15, 0.2) is 0 Å². The summed E-state index contributed by atoms with van der Waals surface area (Å²) in [6, 6.07) is 0. The SMILES string of the molecule is CN1CCC1I. The maximum absolute atomic E-state index is 2.45. The molecule has 1 atom stereocenters. The van der Waals surface area contributed by atoms with Crippen LogP contribution in [0.5, 0.6) is 0 Å². The molecule has 1 nitrogen and oxygen atoms in total. The van der Waals surface area contributed by atoms with Crippen LogP contribution in [0.1, 0.15) is 6.42 Å². The van der Waals surface area contributed by atoms with E-state index in [4.69, 9.17) is 0 Å². The van der Waals surface area contributed by atoms with E-state index in [-0.39, 0.29) is 0 Å². The highest BCUT2D eigenvalue weighted by Gasteiger charge is 2.19. The summed E-state index contributed by atoms with van der Waals surface area (Å²) < 4.78 is 0.836.